The second-order valence-electron chi connectivity index (χ2n) is 5.59. The number of carbonyl (C=O) groups is 1. The Labute approximate surface area is 140 Å². The molecule has 0 unspecified atom stereocenters. The highest BCUT2D eigenvalue weighted by Gasteiger charge is 2.10. The Morgan fingerprint density at radius 3 is 2.92 bits per heavy atom. The van der Waals surface area contributed by atoms with E-state index in [4.69, 9.17) is 9.15 Å². The summed E-state index contributed by atoms with van der Waals surface area (Å²) in [5.41, 5.74) is 2.96. The maximum atomic E-state index is 11.8. The molecule has 0 aliphatic carbocycles. The summed E-state index contributed by atoms with van der Waals surface area (Å²) < 4.78 is 11.1. The molecule has 124 valence electrons. The summed E-state index contributed by atoms with van der Waals surface area (Å²) in [6.07, 6.45) is 2.41. The van der Waals surface area contributed by atoms with Crippen LogP contribution < -0.4 is 10.1 Å². The molecule has 1 N–H and O–H groups in total. The third kappa shape index (κ3) is 3.56. The smallest absolute Gasteiger partial charge is 0.227 e. The lowest BCUT2D eigenvalue weighted by atomic mass is 10.2. The van der Waals surface area contributed by atoms with Crippen molar-refractivity contribution in [1.82, 2.24) is 4.98 Å². The average molecular weight is 324 g/mol. The number of rotatable bonds is 6. The molecule has 2 aromatic carbocycles. The van der Waals surface area contributed by atoms with Gasteiger partial charge in [-0.3, -0.25) is 4.79 Å². The van der Waals surface area contributed by atoms with Crippen molar-refractivity contribution >= 4 is 22.7 Å². The van der Waals surface area contributed by atoms with Gasteiger partial charge in [0.25, 0.3) is 0 Å². The lowest BCUT2D eigenvalue weighted by Gasteiger charge is -2.03. The molecule has 0 spiro atoms. The molecule has 0 aliphatic heterocycles. The number of unbranched alkanes of at least 4 members (excludes halogenated alkanes) is 1. The van der Waals surface area contributed by atoms with Crippen molar-refractivity contribution < 1.29 is 13.9 Å². The number of hydrogen-bond acceptors (Lipinski definition) is 4. The Morgan fingerprint density at radius 2 is 2.12 bits per heavy atom. The van der Waals surface area contributed by atoms with Crippen LogP contribution in [-0.4, -0.2) is 18.0 Å². The van der Waals surface area contributed by atoms with Crippen LogP contribution in [0.4, 0.5) is 5.69 Å². The van der Waals surface area contributed by atoms with E-state index in [-0.39, 0.29) is 5.91 Å². The van der Waals surface area contributed by atoms with E-state index >= 15 is 0 Å². The highest BCUT2D eigenvalue weighted by atomic mass is 16.5. The summed E-state index contributed by atoms with van der Waals surface area (Å²) >= 11 is 0. The van der Waals surface area contributed by atoms with Crippen molar-refractivity contribution in [2.75, 3.05) is 12.4 Å². The zero-order valence-electron chi connectivity index (χ0n) is 13.8. The molecule has 0 radical (unpaired) electrons. The zero-order chi connectivity index (χ0) is 16.9. The quantitative estimate of drug-likeness (QED) is 0.718. The Kier molecular flexibility index (Phi) is 4.79. The molecule has 1 amide bonds. The molecule has 3 rings (SSSR count). The third-order valence-electron chi connectivity index (χ3n) is 3.75. The van der Waals surface area contributed by atoms with E-state index in [1.165, 1.54) is 0 Å². The molecule has 0 aliphatic rings. The van der Waals surface area contributed by atoms with Crippen molar-refractivity contribution in [2.45, 2.75) is 26.2 Å². The molecular formula is C19H20N2O3. The number of carbonyl (C=O) groups excluding carboxylic acids is 1. The van der Waals surface area contributed by atoms with Gasteiger partial charge in [-0.25, -0.2) is 4.98 Å². The third-order valence-corrected chi connectivity index (χ3v) is 3.75. The number of hydrogen-bond donors (Lipinski definition) is 1. The van der Waals surface area contributed by atoms with Crippen molar-refractivity contribution in [3.8, 4) is 17.2 Å². The number of fused-ring (bicyclic) bond motifs is 1. The Balaban J connectivity index is 1.84. The Bertz CT molecular complexity index is 855. The SMILES string of the molecule is CCCCC(=O)Nc1ccc2nc(-c3cccc(OC)c3)oc2c1. The van der Waals surface area contributed by atoms with Crippen LogP contribution >= 0.6 is 0 Å². The second kappa shape index (κ2) is 7.17. The molecule has 0 saturated carbocycles. The van der Waals surface area contributed by atoms with Crippen molar-refractivity contribution in [2.24, 2.45) is 0 Å². The van der Waals surface area contributed by atoms with Gasteiger partial charge in [0, 0.05) is 23.7 Å². The predicted octanol–water partition coefficient (Wildman–Crippen LogP) is 4.63. The lowest BCUT2D eigenvalue weighted by Crippen LogP contribution is -2.10. The van der Waals surface area contributed by atoms with Gasteiger partial charge in [0.1, 0.15) is 11.3 Å². The van der Waals surface area contributed by atoms with Crippen LogP contribution in [0.25, 0.3) is 22.6 Å². The van der Waals surface area contributed by atoms with Crippen LogP contribution in [-0.2, 0) is 4.79 Å². The Morgan fingerprint density at radius 1 is 1.25 bits per heavy atom. The van der Waals surface area contributed by atoms with Crippen molar-refractivity contribution in [3.05, 3.63) is 42.5 Å². The number of anilines is 1. The van der Waals surface area contributed by atoms with Crippen LogP contribution in [0.5, 0.6) is 5.75 Å². The van der Waals surface area contributed by atoms with Gasteiger partial charge in [-0.05, 0) is 36.8 Å². The van der Waals surface area contributed by atoms with Gasteiger partial charge in [0.2, 0.25) is 11.8 Å². The normalized spacial score (nSPS) is 10.8. The maximum Gasteiger partial charge on any atom is 0.227 e. The summed E-state index contributed by atoms with van der Waals surface area (Å²) in [5.74, 6) is 1.29. The number of amides is 1. The fraction of sp³-hybridized carbons (Fsp3) is 0.263. The van der Waals surface area contributed by atoms with E-state index in [2.05, 4.69) is 17.2 Å². The molecule has 0 atom stereocenters. The molecule has 24 heavy (non-hydrogen) atoms. The van der Waals surface area contributed by atoms with Crippen LogP contribution in [0, 0.1) is 0 Å². The molecule has 5 nitrogen and oxygen atoms in total. The molecule has 3 aromatic rings. The first-order chi connectivity index (χ1) is 11.7. The summed E-state index contributed by atoms with van der Waals surface area (Å²) in [6, 6.07) is 13.0. The molecule has 0 fully saturated rings. The van der Waals surface area contributed by atoms with Crippen LogP contribution in [0.1, 0.15) is 26.2 Å². The fourth-order valence-electron chi connectivity index (χ4n) is 2.44. The van der Waals surface area contributed by atoms with E-state index < -0.39 is 0 Å². The van der Waals surface area contributed by atoms with Gasteiger partial charge in [0.05, 0.1) is 7.11 Å². The minimum atomic E-state index is 0.0173. The number of nitrogens with zero attached hydrogens (tertiary/aromatic N) is 1. The first-order valence-electron chi connectivity index (χ1n) is 8.04. The average Bonchev–Trinajstić information content (AvgIpc) is 3.03. The monoisotopic (exact) mass is 324 g/mol. The van der Waals surface area contributed by atoms with Gasteiger partial charge in [-0.2, -0.15) is 0 Å². The highest BCUT2D eigenvalue weighted by molar-refractivity contribution is 5.92. The number of methoxy groups -OCH3 is 1. The second-order valence-corrected chi connectivity index (χ2v) is 5.59. The number of nitrogens with one attached hydrogen (secondary N) is 1. The molecular weight excluding hydrogens is 304 g/mol. The standard InChI is InChI=1S/C19H20N2O3/c1-3-4-8-18(22)20-14-9-10-16-17(12-14)24-19(21-16)13-6-5-7-15(11-13)23-2/h5-7,9-12H,3-4,8H2,1-2H3,(H,20,22). The first kappa shape index (κ1) is 16.1. The van der Waals surface area contributed by atoms with E-state index in [9.17, 15) is 4.79 Å². The largest absolute Gasteiger partial charge is 0.497 e. The van der Waals surface area contributed by atoms with E-state index in [0.717, 1.165) is 35.4 Å². The van der Waals surface area contributed by atoms with E-state index in [0.29, 0.717) is 17.9 Å². The number of oxazole rings is 1. The van der Waals surface area contributed by atoms with Crippen molar-refractivity contribution in [3.63, 3.8) is 0 Å². The molecule has 5 heteroatoms. The van der Waals surface area contributed by atoms with Crippen LogP contribution in [0.3, 0.4) is 0 Å². The van der Waals surface area contributed by atoms with E-state index in [1.807, 2.05) is 36.4 Å². The van der Waals surface area contributed by atoms with Gasteiger partial charge in [-0.1, -0.05) is 19.4 Å². The predicted molar refractivity (Wildman–Crippen MR) is 94.2 cm³/mol. The topological polar surface area (TPSA) is 64.4 Å². The number of benzene rings is 2. The molecule has 0 bridgehead atoms. The molecule has 0 saturated heterocycles. The van der Waals surface area contributed by atoms with Gasteiger partial charge >= 0.3 is 0 Å². The fourth-order valence-corrected chi connectivity index (χ4v) is 2.44. The van der Waals surface area contributed by atoms with E-state index in [1.54, 1.807) is 13.2 Å². The van der Waals surface area contributed by atoms with Gasteiger partial charge in [-0.15, -0.1) is 0 Å². The van der Waals surface area contributed by atoms with Gasteiger partial charge < -0.3 is 14.5 Å². The Hall–Kier alpha value is -2.82. The summed E-state index contributed by atoms with van der Waals surface area (Å²) in [4.78, 5) is 16.3. The minimum absolute atomic E-state index is 0.0173. The summed E-state index contributed by atoms with van der Waals surface area (Å²) in [7, 11) is 1.62. The molecule has 1 heterocycles. The summed E-state index contributed by atoms with van der Waals surface area (Å²) in [5, 5.41) is 2.89. The number of ether oxygens (including phenoxy) is 1. The highest BCUT2D eigenvalue weighted by Crippen LogP contribution is 2.28. The van der Waals surface area contributed by atoms with Gasteiger partial charge in [0.15, 0.2) is 5.58 Å². The lowest BCUT2D eigenvalue weighted by molar-refractivity contribution is -0.116. The van der Waals surface area contributed by atoms with Crippen molar-refractivity contribution in [1.29, 1.82) is 0 Å². The first-order valence-corrected chi connectivity index (χ1v) is 8.04. The zero-order valence-corrected chi connectivity index (χ0v) is 13.8. The van der Waals surface area contributed by atoms with Crippen LogP contribution in [0.15, 0.2) is 46.9 Å². The summed E-state index contributed by atoms with van der Waals surface area (Å²) in [6.45, 7) is 2.06. The number of aromatic nitrogens is 1. The maximum absolute atomic E-state index is 11.8. The van der Waals surface area contributed by atoms with Crippen LogP contribution in [0.2, 0.25) is 0 Å². The minimum Gasteiger partial charge on any atom is -0.497 e. The molecule has 1 aromatic heterocycles.